The lowest BCUT2D eigenvalue weighted by Gasteiger charge is -2.16. The molecule has 0 bridgehead atoms. The van der Waals surface area contributed by atoms with Gasteiger partial charge in [-0.3, -0.25) is 4.79 Å². The van der Waals surface area contributed by atoms with Crippen LogP contribution in [0.25, 0.3) is 10.9 Å². The van der Waals surface area contributed by atoms with Crippen LogP contribution in [0, 0.1) is 0 Å². The quantitative estimate of drug-likeness (QED) is 0.655. The largest absolute Gasteiger partial charge is 0.451 e. The molecule has 0 aliphatic rings. The molecule has 0 fully saturated rings. The molecule has 1 N–H and O–H groups in total. The number of para-hydroxylation sites is 1. The molecule has 0 radical (unpaired) electrons. The summed E-state index contributed by atoms with van der Waals surface area (Å²) in [5.74, 6) is -0.808. The molecule has 0 spiro atoms. The number of hydrogen-bond acceptors (Lipinski definition) is 4. The molecule has 2 aromatic heterocycles. The summed E-state index contributed by atoms with van der Waals surface area (Å²) in [6.07, 6.45) is 0. The summed E-state index contributed by atoms with van der Waals surface area (Å²) in [6, 6.07) is 9.49. The van der Waals surface area contributed by atoms with Crippen molar-refractivity contribution in [2.24, 2.45) is 0 Å². The minimum absolute atomic E-state index is 0.248. The third-order valence-corrected chi connectivity index (χ3v) is 5.15. The van der Waals surface area contributed by atoms with Gasteiger partial charge in [-0.1, -0.05) is 18.2 Å². The van der Waals surface area contributed by atoms with Crippen LogP contribution in [0.15, 0.2) is 45.6 Å². The van der Waals surface area contributed by atoms with Gasteiger partial charge in [-0.25, -0.2) is 4.79 Å². The molecule has 5 nitrogen and oxygen atoms in total. The van der Waals surface area contributed by atoms with Crippen LogP contribution in [0.2, 0.25) is 0 Å². The van der Waals surface area contributed by atoms with Crippen LogP contribution in [0.3, 0.4) is 0 Å². The van der Waals surface area contributed by atoms with E-state index in [1.54, 1.807) is 18.4 Å². The molecule has 0 unspecified atom stereocenters. The first-order valence-electron chi connectivity index (χ1n) is 7.24. The van der Waals surface area contributed by atoms with Crippen LogP contribution in [-0.4, -0.2) is 35.4 Å². The molecule has 0 atom stereocenters. The van der Waals surface area contributed by atoms with E-state index >= 15 is 0 Å². The molecule has 1 aromatic carbocycles. The third kappa shape index (κ3) is 3.52. The van der Waals surface area contributed by atoms with Gasteiger partial charge in [0.15, 0.2) is 6.61 Å². The van der Waals surface area contributed by atoms with Gasteiger partial charge >= 0.3 is 5.97 Å². The van der Waals surface area contributed by atoms with Gasteiger partial charge in [0.1, 0.15) is 5.69 Å². The number of rotatable bonds is 5. The number of aromatic amines is 1. The highest BCUT2D eigenvalue weighted by molar-refractivity contribution is 9.10. The predicted molar refractivity (Wildman–Crippen MR) is 97.1 cm³/mol. The summed E-state index contributed by atoms with van der Waals surface area (Å²) in [6.45, 7) is 0.206. The summed E-state index contributed by atoms with van der Waals surface area (Å²) < 4.78 is 5.79. The minimum Gasteiger partial charge on any atom is -0.451 e. The van der Waals surface area contributed by atoms with Crippen molar-refractivity contribution in [3.05, 3.63) is 56.8 Å². The fourth-order valence-electron chi connectivity index (χ4n) is 2.30. The maximum Gasteiger partial charge on any atom is 0.356 e. The molecule has 7 heteroatoms. The number of amides is 1. The minimum atomic E-state index is -0.560. The number of aromatic nitrogens is 1. The summed E-state index contributed by atoms with van der Waals surface area (Å²) in [5, 5.41) is 4.84. The van der Waals surface area contributed by atoms with E-state index in [9.17, 15) is 9.59 Å². The van der Waals surface area contributed by atoms with Gasteiger partial charge in [0.25, 0.3) is 5.91 Å². The van der Waals surface area contributed by atoms with Gasteiger partial charge < -0.3 is 14.6 Å². The van der Waals surface area contributed by atoms with E-state index < -0.39 is 5.97 Å². The van der Waals surface area contributed by atoms with Crippen molar-refractivity contribution in [1.29, 1.82) is 0 Å². The second-order valence-electron chi connectivity index (χ2n) is 5.32. The molecule has 0 saturated heterocycles. The van der Waals surface area contributed by atoms with E-state index in [0.29, 0.717) is 16.7 Å². The Hall–Kier alpha value is -2.12. The highest BCUT2D eigenvalue weighted by Crippen LogP contribution is 2.28. The van der Waals surface area contributed by atoms with Crippen LogP contribution in [-0.2, 0) is 16.1 Å². The molecule has 0 aliphatic heterocycles. The molecular weight excluding hydrogens is 392 g/mol. The van der Waals surface area contributed by atoms with E-state index in [0.717, 1.165) is 16.5 Å². The summed E-state index contributed by atoms with van der Waals surface area (Å²) in [7, 11) is 1.69. The standard InChI is InChI=1S/C17H15BrN2O3S/c1-20(8-11-6-7-24-10-11)14(21)9-23-17(22)16-15(18)12-4-2-3-5-13(12)19-16/h2-7,10,19H,8-9H2,1H3. The Morgan fingerprint density at radius 3 is 2.79 bits per heavy atom. The van der Waals surface area contributed by atoms with Crippen molar-refractivity contribution < 1.29 is 14.3 Å². The van der Waals surface area contributed by atoms with Crippen LogP contribution in [0.5, 0.6) is 0 Å². The highest BCUT2D eigenvalue weighted by atomic mass is 79.9. The Morgan fingerprint density at radius 2 is 2.08 bits per heavy atom. The maximum atomic E-state index is 12.2. The Labute approximate surface area is 151 Å². The van der Waals surface area contributed by atoms with Crippen LogP contribution in [0.4, 0.5) is 0 Å². The van der Waals surface area contributed by atoms with Gasteiger partial charge in [0, 0.05) is 24.5 Å². The normalized spacial score (nSPS) is 10.8. The second kappa shape index (κ2) is 7.19. The number of nitrogens with one attached hydrogen (secondary N) is 1. The van der Waals surface area contributed by atoms with Crippen molar-refractivity contribution in [2.45, 2.75) is 6.54 Å². The number of ether oxygens (including phenoxy) is 1. The predicted octanol–water partition coefficient (Wildman–Crippen LogP) is 3.81. The lowest BCUT2D eigenvalue weighted by Crippen LogP contribution is -2.30. The number of fused-ring (bicyclic) bond motifs is 1. The maximum absolute atomic E-state index is 12.2. The number of likely N-dealkylation sites (N-methyl/N-ethyl adjacent to an activating group) is 1. The summed E-state index contributed by atoms with van der Waals surface area (Å²) in [4.78, 5) is 28.9. The van der Waals surface area contributed by atoms with Crippen LogP contribution >= 0.6 is 27.3 Å². The van der Waals surface area contributed by atoms with Crippen LogP contribution < -0.4 is 0 Å². The SMILES string of the molecule is CN(Cc1ccsc1)C(=O)COC(=O)c1[nH]c2ccccc2c1Br. The van der Waals surface area contributed by atoms with Gasteiger partial charge in [-0.15, -0.1) is 0 Å². The zero-order valence-electron chi connectivity index (χ0n) is 12.9. The number of nitrogens with zero attached hydrogens (tertiary/aromatic N) is 1. The van der Waals surface area contributed by atoms with Crippen molar-refractivity contribution in [2.75, 3.05) is 13.7 Å². The Kier molecular flexibility index (Phi) is 5.01. The van der Waals surface area contributed by atoms with Crippen molar-refractivity contribution in [3.8, 4) is 0 Å². The number of carbonyl (C=O) groups excluding carboxylic acids is 2. The van der Waals surface area contributed by atoms with Crippen molar-refractivity contribution in [3.63, 3.8) is 0 Å². The van der Waals surface area contributed by atoms with Gasteiger partial charge in [0.2, 0.25) is 0 Å². The lowest BCUT2D eigenvalue weighted by atomic mass is 10.2. The van der Waals surface area contributed by atoms with E-state index in [1.807, 2.05) is 41.1 Å². The Morgan fingerprint density at radius 1 is 1.29 bits per heavy atom. The number of thiophene rings is 1. The molecular formula is C17H15BrN2O3S. The average Bonchev–Trinajstić information content (AvgIpc) is 3.20. The molecule has 3 aromatic rings. The van der Waals surface area contributed by atoms with Crippen LogP contribution in [0.1, 0.15) is 16.1 Å². The number of benzene rings is 1. The molecule has 3 rings (SSSR count). The summed E-state index contributed by atoms with van der Waals surface area (Å²) in [5.41, 5.74) is 2.20. The van der Waals surface area contributed by atoms with Gasteiger partial charge in [-0.05, 0) is 44.4 Å². The number of H-pyrrole nitrogens is 1. The first-order chi connectivity index (χ1) is 11.6. The highest BCUT2D eigenvalue weighted by Gasteiger charge is 2.19. The Bertz CT molecular complexity index is 873. The fourth-order valence-corrected chi connectivity index (χ4v) is 3.57. The number of hydrogen-bond donors (Lipinski definition) is 1. The topological polar surface area (TPSA) is 62.4 Å². The average molecular weight is 407 g/mol. The smallest absolute Gasteiger partial charge is 0.356 e. The molecule has 124 valence electrons. The molecule has 24 heavy (non-hydrogen) atoms. The van der Waals surface area contributed by atoms with Crippen molar-refractivity contribution >= 4 is 50.0 Å². The second-order valence-corrected chi connectivity index (χ2v) is 6.89. The van der Waals surface area contributed by atoms with E-state index in [1.165, 1.54) is 4.90 Å². The molecule has 0 aliphatic carbocycles. The molecule has 0 saturated carbocycles. The fraction of sp³-hybridized carbons (Fsp3) is 0.176. The first-order valence-corrected chi connectivity index (χ1v) is 8.98. The van der Waals surface area contributed by atoms with E-state index in [4.69, 9.17) is 4.74 Å². The van der Waals surface area contributed by atoms with E-state index in [2.05, 4.69) is 20.9 Å². The third-order valence-electron chi connectivity index (χ3n) is 3.60. The zero-order valence-corrected chi connectivity index (χ0v) is 15.3. The monoisotopic (exact) mass is 406 g/mol. The summed E-state index contributed by atoms with van der Waals surface area (Å²) >= 11 is 4.98. The molecule has 2 heterocycles. The number of esters is 1. The zero-order chi connectivity index (χ0) is 17.1. The first kappa shape index (κ1) is 16.7. The lowest BCUT2D eigenvalue weighted by molar-refractivity contribution is -0.133. The van der Waals surface area contributed by atoms with Gasteiger partial charge in [0.05, 0.1) is 4.47 Å². The molecule has 1 amide bonds. The van der Waals surface area contributed by atoms with E-state index in [-0.39, 0.29) is 12.5 Å². The van der Waals surface area contributed by atoms with Crippen molar-refractivity contribution in [1.82, 2.24) is 9.88 Å². The Balaban J connectivity index is 1.62. The van der Waals surface area contributed by atoms with Gasteiger partial charge in [-0.2, -0.15) is 11.3 Å². The number of carbonyl (C=O) groups is 2. The number of halogens is 1.